The Balaban J connectivity index is 1.54. The molecule has 1 aromatic heterocycles. The van der Waals surface area contributed by atoms with Gasteiger partial charge in [0.05, 0.1) is 0 Å². The Bertz CT molecular complexity index is 728. The number of nitrogens with one attached hydrogen (secondary N) is 1. The molecule has 3 rings (SSSR count). The van der Waals surface area contributed by atoms with Crippen molar-refractivity contribution in [3.05, 3.63) is 51.4 Å². The van der Waals surface area contributed by atoms with E-state index < -0.39 is 0 Å². The minimum Gasteiger partial charge on any atom is -0.377 e. The number of piperidine rings is 1. The van der Waals surface area contributed by atoms with Crippen molar-refractivity contribution in [2.24, 2.45) is 0 Å². The summed E-state index contributed by atoms with van der Waals surface area (Å²) in [5.74, 6) is 1.59. The molecule has 0 aliphatic carbocycles. The molecule has 0 atom stereocenters. The number of ether oxygens (including phenoxy) is 1. The van der Waals surface area contributed by atoms with Crippen molar-refractivity contribution < 1.29 is 4.74 Å². The first-order chi connectivity index (χ1) is 12.5. The Morgan fingerprint density at radius 1 is 1.12 bits per heavy atom. The van der Waals surface area contributed by atoms with Crippen LogP contribution >= 0.6 is 23.2 Å². The molecule has 1 aromatic carbocycles. The van der Waals surface area contributed by atoms with E-state index in [1.807, 2.05) is 25.1 Å². The van der Waals surface area contributed by atoms with E-state index in [-0.39, 0.29) is 0 Å². The molecule has 0 spiro atoms. The second-order valence-corrected chi connectivity index (χ2v) is 7.59. The van der Waals surface area contributed by atoms with Crippen LogP contribution in [0.3, 0.4) is 0 Å². The van der Waals surface area contributed by atoms with E-state index in [1.165, 1.54) is 0 Å². The highest BCUT2D eigenvalue weighted by Crippen LogP contribution is 2.22. The number of likely N-dealkylation sites (tertiary alicyclic amines) is 1. The second kappa shape index (κ2) is 9.00. The van der Waals surface area contributed by atoms with Crippen molar-refractivity contribution in [1.29, 1.82) is 0 Å². The number of anilines is 1. The Kier molecular flexibility index (Phi) is 6.70. The molecular formula is C19H24Cl2N4O. The van der Waals surface area contributed by atoms with Crippen LogP contribution in [0.25, 0.3) is 0 Å². The molecular weight excluding hydrogens is 371 g/mol. The molecule has 1 aliphatic rings. The van der Waals surface area contributed by atoms with E-state index in [0.29, 0.717) is 28.5 Å². The summed E-state index contributed by atoms with van der Waals surface area (Å²) in [6.07, 6.45) is 2.13. The van der Waals surface area contributed by atoms with E-state index in [4.69, 9.17) is 27.9 Å². The lowest BCUT2D eigenvalue weighted by molar-refractivity contribution is 0.177. The highest BCUT2D eigenvalue weighted by molar-refractivity contribution is 6.34. The number of aryl methyl sites for hydroxylation is 1. The van der Waals surface area contributed by atoms with Gasteiger partial charge in [0, 0.05) is 54.6 Å². The molecule has 0 bridgehead atoms. The van der Waals surface area contributed by atoms with Gasteiger partial charge in [-0.2, -0.15) is 0 Å². The zero-order chi connectivity index (χ0) is 18.5. The molecule has 0 radical (unpaired) electrons. The lowest BCUT2D eigenvalue weighted by Gasteiger charge is -2.32. The molecule has 0 unspecified atom stereocenters. The first-order valence-electron chi connectivity index (χ1n) is 8.79. The van der Waals surface area contributed by atoms with Gasteiger partial charge >= 0.3 is 0 Å². The Labute approximate surface area is 164 Å². The molecule has 26 heavy (non-hydrogen) atoms. The molecule has 5 nitrogen and oxygen atoms in total. The van der Waals surface area contributed by atoms with Gasteiger partial charge in [-0.05, 0) is 43.5 Å². The van der Waals surface area contributed by atoms with Gasteiger partial charge in [-0.15, -0.1) is 0 Å². The van der Waals surface area contributed by atoms with Gasteiger partial charge in [0.15, 0.2) is 5.82 Å². The Morgan fingerprint density at radius 2 is 1.81 bits per heavy atom. The minimum atomic E-state index is 0.416. The van der Waals surface area contributed by atoms with Crippen LogP contribution in [0.15, 0.2) is 24.3 Å². The fourth-order valence-electron chi connectivity index (χ4n) is 3.30. The number of aromatic nitrogens is 2. The molecule has 1 saturated heterocycles. The molecule has 140 valence electrons. The van der Waals surface area contributed by atoms with E-state index in [1.54, 1.807) is 13.2 Å². The molecule has 1 aliphatic heterocycles. The minimum absolute atomic E-state index is 0.416. The molecule has 2 aromatic rings. The summed E-state index contributed by atoms with van der Waals surface area (Å²) < 4.78 is 5.14. The van der Waals surface area contributed by atoms with Gasteiger partial charge < -0.3 is 10.1 Å². The van der Waals surface area contributed by atoms with Crippen molar-refractivity contribution in [1.82, 2.24) is 14.9 Å². The maximum Gasteiger partial charge on any atom is 0.156 e. The summed E-state index contributed by atoms with van der Waals surface area (Å²) in [4.78, 5) is 11.3. The van der Waals surface area contributed by atoms with Gasteiger partial charge in [-0.1, -0.05) is 23.2 Å². The standard InChI is InChI=1S/C19H24Cl2N4O/c1-13-7-18(24-19(22-13)12-26-2)23-17-3-5-25(6-4-17)11-14-8-15(20)10-16(21)9-14/h7-10,17H,3-6,11-12H2,1-2H3,(H,22,23,24). The lowest BCUT2D eigenvalue weighted by Crippen LogP contribution is -2.38. The molecule has 1 N–H and O–H groups in total. The predicted octanol–water partition coefficient (Wildman–Crippen LogP) is 4.31. The maximum absolute atomic E-state index is 6.10. The quantitative estimate of drug-likeness (QED) is 0.790. The zero-order valence-corrected chi connectivity index (χ0v) is 16.6. The van der Waals surface area contributed by atoms with Gasteiger partial charge in [-0.25, -0.2) is 9.97 Å². The Morgan fingerprint density at radius 3 is 2.46 bits per heavy atom. The summed E-state index contributed by atoms with van der Waals surface area (Å²) in [6, 6.07) is 8.14. The van der Waals surface area contributed by atoms with Crippen LogP contribution in [0.1, 0.15) is 29.9 Å². The van der Waals surface area contributed by atoms with Crippen molar-refractivity contribution in [3.63, 3.8) is 0 Å². The third-order valence-corrected chi connectivity index (χ3v) is 4.88. The molecule has 0 saturated carbocycles. The number of methoxy groups -OCH3 is 1. The predicted molar refractivity (Wildman–Crippen MR) is 106 cm³/mol. The van der Waals surface area contributed by atoms with Crippen molar-refractivity contribution in [2.45, 2.75) is 39.0 Å². The lowest BCUT2D eigenvalue weighted by atomic mass is 10.0. The summed E-state index contributed by atoms with van der Waals surface area (Å²) in [7, 11) is 1.65. The third-order valence-electron chi connectivity index (χ3n) is 4.44. The Hall–Kier alpha value is -1.40. The van der Waals surface area contributed by atoms with E-state index in [9.17, 15) is 0 Å². The van der Waals surface area contributed by atoms with Gasteiger partial charge in [-0.3, -0.25) is 4.90 Å². The third kappa shape index (κ3) is 5.55. The monoisotopic (exact) mass is 394 g/mol. The highest BCUT2D eigenvalue weighted by atomic mass is 35.5. The fourth-order valence-corrected chi connectivity index (χ4v) is 3.87. The normalized spacial score (nSPS) is 16.0. The van der Waals surface area contributed by atoms with Crippen LogP contribution in [0, 0.1) is 6.92 Å². The molecule has 2 heterocycles. The SMILES string of the molecule is COCc1nc(C)cc(NC2CCN(Cc3cc(Cl)cc(Cl)c3)CC2)n1. The van der Waals surface area contributed by atoms with Crippen LogP contribution in [0.4, 0.5) is 5.82 Å². The molecule has 1 fully saturated rings. The van der Waals surface area contributed by atoms with Gasteiger partial charge in [0.25, 0.3) is 0 Å². The largest absolute Gasteiger partial charge is 0.377 e. The smallest absolute Gasteiger partial charge is 0.156 e. The summed E-state index contributed by atoms with van der Waals surface area (Å²) in [5, 5.41) is 4.93. The van der Waals surface area contributed by atoms with Gasteiger partial charge in [0.2, 0.25) is 0 Å². The molecule has 7 heteroatoms. The number of hydrogen-bond acceptors (Lipinski definition) is 5. The topological polar surface area (TPSA) is 50.3 Å². The molecule has 0 amide bonds. The summed E-state index contributed by atoms with van der Waals surface area (Å²) in [5.41, 5.74) is 2.11. The van der Waals surface area contributed by atoms with Crippen molar-refractivity contribution >= 4 is 29.0 Å². The van der Waals surface area contributed by atoms with E-state index in [0.717, 1.165) is 49.6 Å². The van der Waals surface area contributed by atoms with E-state index in [2.05, 4.69) is 20.2 Å². The van der Waals surface area contributed by atoms with Crippen LogP contribution in [0.2, 0.25) is 10.0 Å². The average Bonchev–Trinajstić information content (AvgIpc) is 2.55. The highest BCUT2D eigenvalue weighted by Gasteiger charge is 2.20. The van der Waals surface area contributed by atoms with Crippen molar-refractivity contribution in [3.8, 4) is 0 Å². The summed E-state index contributed by atoms with van der Waals surface area (Å²) in [6.45, 7) is 5.33. The first kappa shape index (κ1) is 19.4. The van der Waals surface area contributed by atoms with Crippen molar-refractivity contribution in [2.75, 3.05) is 25.5 Å². The van der Waals surface area contributed by atoms with Crippen LogP contribution in [0.5, 0.6) is 0 Å². The summed E-state index contributed by atoms with van der Waals surface area (Å²) >= 11 is 12.2. The fraction of sp³-hybridized carbons (Fsp3) is 0.474. The maximum atomic E-state index is 6.10. The zero-order valence-electron chi connectivity index (χ0n) is 15.1. The number of rotatable bonds is 6. The number of hydrogen-bond donors (Lipinski definition) is 1. The van der Waals surface area contributed by atoms with E-state index >= 15 is 0 Å². The second-order valence-electron chi connectivity index (χ2n) is 6.72. The van der Waals surface area contributed by atoms with Gasteiger partial charge in [0.1, 0.15) is 12.4 Å². The van der Waals surface area contributed by atoms with Crippen LogP contribution < -0.4 is 5.32 Å². The number of nitrogens with zero attached hydrogens (tertiary/aromatic N) is 3. The van der Waals surface area contributed by atoms with Crippen LogP contribution in [-0.4, -0.2) is 41.1 Å². The first-order valence-corrected chi connectivity index (χ1v) is 9.55. The van der Waals surface area contributed by atoms with Crippen LogP contribution in [-0.2, 0) is 17.9 Å². The number of halogens is 2. The number of benzene rings is 1. The average molecular weight is 395 g/mol.